The minimum atomic E-state index is 0.154. The first-order chi connectivity index (χ1) is 14.1. The average molecular weight is 450 g/mol. The Kier molecular flexibility index (Phi) is 5.36. The summed E-state index contributed by atoms with van der Waals surface area (Å²) < 4.78 is 2.72. The van der Waals surface area contributed by atoms with Gasteiger partial charge in [0.1, 0.15) is 0 Å². The summed E-state index contributed by atoms with van der Waals surface area (Å²) in [6.07, 6.45) is 5.37. The molecule has 1 aromatic carbocycles. The van der Waals surface area contributed by atoms with Crippen LogP contribution in [0.5, 0.6) is 0 Å². The molecule has 0 atom stereocenters. The third-order valence-electron chi connectivity index (χ3n) is 6.15. The third-order valence-corrected chi connectivity index (χ3v) is 8.22. The summed E-state index contributed by atoms with van der Waals surface area (Å²) in [6.45, 7) is 5.99. The average Bonchev–Trinajstić information content (AvgIpc) is 3.46. The Morgan fingerprint density at radius 1 is 1.14 bits per heavy atom. The molecule has 1 saturated carbocycles. The van der Waals surface area contributed by atoms with E-state index >= 15 is 0 Å². The summed E-state index contributed by atoms with van der Waals surface area (Å²) in [6, 6.07) is 2.84. The lowest BCUT2D eigenvalue weighted by Crippen LogP contribution is -2.52. The van der Waals surface area contributed by atoms with Crippen molar-refractivity contribution in [3.05, 3.63) is 16.1 Å². The van der Waals surface area contributed by atoms with Gasteiger partial charge < -0.3 is 10.2 Å². The first-order valence-electron chi connectivity index (χ1n) is 10.2. The van der Waals surface area contributed by atoms with Crippen molar-refractivity contribution < 1.29 is 4.79 Å². The van der Waals surface area contributed by atoms with Crippen LogP contribution in [0.3, 0.4) is 0 Å². The molecule has 1 amide bonds. The van der Waals surface area contributed by atoms with Crippen molar-refractivity contribution in [3.63, 3.8) is 0 Å². The van der Waals surface area contributed by atoms with E-state index < -0.39 is 0 Å². The molecule has 2 aliphatic rings. The molecule has 2 aromatic heterocycles. The maximum Gasteiger partial charge on any atom is 0.242 e. The lowest BCUT2D eigenvalue weighted by atomic mass is 10.2. The molecular formula is C20H24ClN5OS2. The van der Waals surface area contributed by atoms with E-state index in [1.807, 2.05) is 11.8 Å². The highest BCUT2D eigenvalue weighted by molar-refractivity contribution is 7.24. The maximum absolute atomic E-state index is 12.7. The molecule has 154 valence electrons. The van der Waals surface area contributed by atoms with Crippen molar-refractivity contribution in [1.82, 2.24) is 19.8 Å². The van der Waals surface area contributed by atoms with E-state index in [2.05, 4.69) is 21.3 Å². The first-order valence-corrected chi connectivity index (χ1v) is 12.2. The van der Waals surface area contributed by atoms with Gasteiger partial charge in [0.2, 0.25) is 5.91 Å². The standard InChI is InChI=1S/C20H24ClN5OS2/c1-12-17-14(28-19(21)23-17)10-15-18(12)24-20(29-15)22-11-16(27)26-8-6-25(7-9-26)13-4-2-3-5-13/h10,13H,2-9,11H2,1H3,(H,22,24). The highest BCUT2D eigenvalue weighted by Crippen LogP contribution is 2.36. The molecule has 5 rings (SSSR count). The topological polar surface area (TPSA) is 61.4 Å². The SMILES string of the molecule is Cc1c2nc(Cl)sc2cc2sc(NCC(=O)N3CCN(C4CCCC4)CC3)nc12. The number of nitrogens with one attached hydrogen (secondary N) is 1. The van der Waals surface area contributed by atoms with Gasteiger partial charge in [-0.15, -0.1) is 11.3 Å². The van der Waals surface area contributed by atoms with Crippen LogP contribution in [-0.2, 0) is 4.79 Å². The number of halogens is 1. The van der Waals surface area contributed by atoms with E-state index in [1.54, 1.807) is 11.3 Å². The van der Waals surface area contributed by atoms with Crippen molar-refractivity contribution in [2.45, 2.75) is 38.6 Å². The number of rotatable bonds is 4. The number of aryl methyl sites for hydroxylation is 1. The number of hydrogen-bond donors (Lipinski definition) is 1. The third kappa shape index (κ3) is 3.83. The minimum Gasteiger partial charge on any atom is -0.352 e. The summed E-state index contributed by atoms with van der Waals surface area (Å²) in [5.74, 6) is 0.154. The van der Waals surface area contributed by atoms with Gasteiger partial charge in [-0.25, -0.2) is 9.97 Å². The molecule has 2 fully saturated rings. The van der Waals surface area contributed by atoms with Crippen LogP contribution < -0.4 is 5.32 Å². The van der Waals surface area contributed by atoms with Crippen LogP contribution in [0, 0.1) is 6.92 Å². The summed E-state index contributed by atoms with van der Waals surface area (Å²) in [7, 11) is 0. The number of thiazole rings is 2. The fourth-order valence-corrected chi connectivity index (χ4v) is 6.71. The molecule has 29 heavy (non-hydrogen) atoms. The number of amides is 1. The molecule has 1 aliphatic carbocycles. The Morgan fingerprint density at radius 2 is 1.83 bits per heavy atom. The number of anilines is 1. The Morgan fingerprint density at radius 3 is 2.59 bits per heavy atom. The largest absolute Gasteiger partial charge is 0.352 e. The molecule has 1 aliphatic heterocycles. The predicted octanol–water partition coefficient (Wildman–Crippen LogP) is 4.37. The number of benzene rings is 1. The van der Waals surface area contributed by atoms with E-state index in [-0.39, 0.29) is 5.91 Å². The van der Waals surface area contributed by atoms with Crippen LogP contribution in [0.4, 0.5) is 5.13 Å². The monoisotopic (exact) mass is 449 g/mol. The summed E-state index contributed by atoms with van der Waals surface area (Å²) in [5, 5.41) is 4.02. The van der Waals surface area contributed by atoms with E-state index in [0.717, 1.165) is 63.3 Å². The number of aromatic nitrogens is 2. The van der Waals surface area contributed by atoms with Gasteiger partial charge >= 0.3 is 0 Å². The Hall–Kier alpha value is -1.48. The Labute approximate surface area is 182 Å². The number of piperazine rings is 1. The van der Waals surface area contributed by atoms with Crippen molar-refractivity contribution in [3.8, 4) is 0 Å². The quantitative estimate of drug-likeness (QED) is 0.640. The Balaban J connectivity index is 1.21. The van der Waals surface area contributed by atoms with E-state index in [4.69, 9.17) is 16.6 Å². The van der Waals surface area contributed by atoms with Gasteiger partial charge in [0.05, 0.1) is 27.0 Å². The summed E-state index contributed by atoms with van der Waals surface area (Å²) in [5.41, 5.74) is 2.89. The van der Waals surface area contributed by atoms with Gasteiger partial charge in [-0.2, -0.15) is 0 Å². The first kappa shape index (κ1) is 19.5. The number of carbonyl (C=O) groups is 1. The van der Waals surface area contributed by atoms with Gasteiger partial charge in [0, 0.05) is 37.8 Å². The lowest BCUT2D eigenvalue weighted by molar-refractivity contribution is -0.131. The van der Waals surface area contributed by atoms with Crippen LogP contribution in [0.25, 0.3) is 20.4 Å². The zero-order valence-electron chi connectivity index (χ0n) is 16.4. The highest BCUT2D eigenvalue weighted by Gasteiger charge is 2.27. The number of nitrogens with zero attached hydrogens (tertiary/aromatic N) is 4. The lowest BCUT2D eigenvalue weighted by Gasteiger charge is -2.38. The van der Waals surface area contributed by atoms with Crippen LogP contribution in [-0.4, -0.2) is 64.4 Å². The van der Waals surface area contributed by atoms with Crippen molar-refractivity contribution in [1.29, 1.82) is 0 Å². The zero-order chi connectivity index (χ0) is 20.0. The molecule has 0 spiro atoms. The molecule has 0 radical (unpaired) electrons. The molecule has 0 unspecified atom stereocenters. The molecular weight excluding hydrogens is 426 g/mol. The second kappa shape index (κ2) is 7.98. The van der Waals surface area contributed by atoms with Gasteiger partial charge in [0.15, 0.2) is 9.60 Å². The molecule has 9 heteroatoms. The predicted molar refractivity (Wildman–Crippen MR) is 121 cm³/mol. The zero-order valence-corrected chi connectivity index (χ0v) is 18.8. The fraction of sp³-hybridized carbons (Fsp3) is 0.550. The molecule has 0 bridgehead atoms. The van der Waals surface area contributed by atoms with Gasteiger partial charge in [0.25, 0.3) is 0 Å². The molecule has 1 saturated heterocycles. The van der Waals surface area contributed by atoms with Crippen LogP contribution in [0.15, 0.2) is 6.07 Å². The Bertz CT molecular complexity index is 1050. The van der Waals surface area contributed by atoms with Gasteiger partial charge in [-0.3, -0.25) is 9.69 Å². The van der Waals surface area contributed by atoms with Crippen LogP contribution >= 0.6 is 34.3 Å². The number of carbonyl (C=O) groups excluding carboxylic acids is 1. The summed E-state index contributed by atoms with van der Waals surface area (Å²) >= 11 is 9.12. The second-order valence-electron chi connectivity index (χ2n) is 7.89. The van der Waals surface area contributed by atoms with E-state index in [1.165, 1.54) is 37.0 Å². The molecule has 3 heterocycles. The second-order valence-corrected chi connectivity index (χ2v) is 10.5. The highest BCUT2D eigenvalue weighted by atomic mass is 35.5. The summed E-state index contributed by atoms with van der Waals surface area (Å²) in [4.78, 5) is 26.3. The van der Waals surface area contributed by atoms with Crippen LogP contribution in [0.2, 0.25) is 4.47 Å². The van der Waals surface area contributed by atoms with Gasteiger partial charge in [-0.05, 0) is 25.8 Å². The smallest absolute Gasteiger partial charge is 0.242 e. The molecule has 3 aromatic rings. The van der Waals surface area contributed by atoms with Crippen LogP contribution in [0.1, 0.15) is 31.2 Å². The van der Waals surface area contributed by atoms with E-state index in [9.17, 15) is 4.79 Å². The van der Waals surface area contributed by atoms with Crippen molar-refractivity contribution in [2.24, 2.45) is 0 Å². The maximum atomic E-state index is 12.7. The fourth-order valence-electron chi connectivity index (χ4n) is 4.55. The minimum absolute atomic E-state index is 0.154. The number of hydrogen-bond acceptors (Lipinski definition) is 7. The van der Waals surface area contributed by atoms with Crippen molar-refractivity contribution >= 4 is 65.7 Å². The number of fused-ring (bicyclic) bond motifs is 2. The normalized spacial score (nSPS) is 18.9. The molecule has 1 N–H and O–H groups in total. The van der Waals surface area contributed by atoms with Crippen molar-refractivity contribution in [2.75, 3.05) is 38.0 Å². The van der Waals surface area contributed by atoms with Gasteiger partial charge in [-0.1, -0.05) is 35.8 Å². The van der Waals surface area contributed by atoms with E-state index in [0.29, 0.717) is 11.0 Å². The molecule has 6 nitrogen and oxygen atoms in total.